The molecule has 4 rings (SSSR count). The maximum Gasteiger partial charge on any atom is 0.159 e. The number of halogens is 1. The van der Waals surface area contributed by atoms with E-state index in [4.69, 9.17) is 0 Å². The minimum Gasteiger partial charge on any atom is -0.295 e. The molecule has 0 aliphatic rings. The molecule has 0 saturated heterocycles. The van der Waals surface area contributed by atoms with E-state index in [0.29, 0.717) is 0 Å². The number of hydrogen-bond acceptors (Lipinski definition) is 1. The molecule has 0 atom stereocenters. The minimum absolute atomic E-state index is 0. The predicted octanol–water partition coefficient (Wildman–Crippen LogP) is 9.35. The van der Waals surface area contributed by atoms with E-state index in [1.54, 1.807) is 6.92 Å². The van der Waals surface area contributed by atoms with E-state index in [2.05, 4.69) is 89.6 Å². The van der Waals surface area contributed by atoms with Gasteiger partial charge in [0.1, 0.15) is 0 Å². The molecule has 0 aliphatic heterocycles. The largest absolute Gasteiger partial charge is 0.295 e. The third-order valence-electron chi connectivity index (χ3n) is 4.59. The molecular formula is C31H33BrO. The lowest BCUT2D eigenvalue weighted by molar-refractivity contribution is 0.101. The highest BCUT2D eigenvalue weighted by molar-refractivity contribution is 9.08. The van der Waals surface area contributed by atoms with Crippen molar-refractivity contribution >= 4 is 33.4 Å². The van der Waals surface area contributed by atoms with Crippen LogP contribution in [0.25, 0.3) is 11.6 Å². The van der Waals surface area contributed by atoms with Crippen molar-refractivity contribution in [3.8, 4) is 0 Å². The highest BCUT2D eigenvalue weighted by Crippen LogP contribution is 2.16. The molecule has 0 aromatic heterocycles. The Labute approximate surface area is 208 Å². The van der Waals surface area contributed by atoms with Crippen LogP contribution in [0, 0.1) is 0 Å². The van der Waals surface area contributed by atoms with Crippen molar-refractivity contribution in [3.63, 3.8) is 0 Å². The Balaban J connectivity index is 0.000000261. The molecule has 0 amide bonds. The second-order valence-electron chi connectivity index (χ2n) is 7.15. The van der Waals surface area contributed by atoms with Crippen LogP contribution >= 0.6 is 15.9 Å². The van der Waals surface area contributed by atoms with Gasteiger partial charge in [0, 0.05) is 10.9 Å². The van der Waals surface area contributed by atoms with E-state index in [9.17, 15) is 4.79 Å². The number of Topliss-reactive ketones (excluding diaryl/α,β-unsaturated/α-hetero) is 1. The van der Waals surface area contributed by atoms with Crippen molar-refractivity contribution in [3.05, 3.63) is 144 Å². The fraction of sp³-hybridized carbons (Fsp3) is 0.129. The van der Waals surface area contributed by atoms with E-state index in [1.165, 1.54) is 22.3 Å². The zero-order chi connectivity index (χ0) is 23.0. The van der Waals surface area contributed by atoms with Crippen LogP contribution in [0.15, 0.2) is 121 Å². The summed E-state index contributed by atoms with van der Waals surface area (Å²) in [5.41, 5.74) is 5.92. The van der Waals surface area contributed by atoms with E-state index in [-0.39, 0.29) is 13.2 Å². The fourth-order valence-corrected chi connectivity index (χ4v) is 3.20. The minimum atomic E-state index is 0. The van der Waals surface area contributed by atoms with Gasteiger partial charge in [-0.25, -0.2) is 0 Å². The Morgan fingerprint density at radius 1 is 0.636 bits per heavy atom. The molecule has 0 bridgehead atoms. The standard InChI is InChI=1S/C15H14.C8H8O.C7H7Br.CH4/c1-13(15-10-6-3-7-11-15)12-14-8-4-2-5-9-14;1-7(9)8-5-3-2-4-6-8;8-6-7-4-2-1-3-5-7;/h2-12H,1H3;2-6H,1H3;1-5H,6H2;1H4. The molecule has 1 nitrogen and oxygen atoms in total. The molecule has 0 saturated carbocycles. The molecule has 170 valence electrons. The average molecular weight is 502 g/mol. The fourth-order valence-electron chi connectivity index (χ4n) is 2.82. The lowest BCUT2D eigenvalue weighted by atomic mass is 10.0. The molecule has 0 fully saturated rings. The number of carbonyl (C=O) groups excluding carboxylic acids is 1. The van der Waals surface area contributed by atoms with Crippen molar-refractivity contribution in [1.29, 1.82) is 0 Å². The van der Waals surface area contributed by atoms with Crippen LogP contribution in [-0.4, -0.2) is 5.78 Å². The van der Waals surface area contributed by atoms with Crippen LogP contribution in [-0.2, 0) is 5.33 Å². The van der Waals surface area contributed by atoms with Gasteiger partial charge >= 0.3 is 0 Å². The van der Waals surface area contributed by atoms with Crippen molar-refractivity contribution in [1.82, 2.24) is 0 Å². The quantitative estimate of drug-likeness (QED) is 0.155. The number of hydrogen-bond donors (Lipinski definition) is 0. The zero-order valence-corrected chi connectivity index (χ0v) is 20.2. The first-order chi connectivity index (χ1) is 15.6. The molecule has 0 heterocycles. The molecule has 0 radical (unpaired) electrons. The second-order valence-corrected chi connectivity index (χ2v) is 7.71. The monoisotopic (exact) mass is 500 g/mol. The summed E-state index contributed by atoms with van der Waals surface area (Å²) in [5, 5.41) is 0.952. The summed E-state index contributed by atoms with van der Waals surface area (Å²) in [5.74, 6) is 0.121. The molecule has 0 aliphatic carbocycles. The number of alkyl halides is 1. The van der Waals surface area contributed by atoms with E-state index >= 15 is 0 Å². The number of carbonyl (C=O) groups is 1. The predicted molar refractivity (Wildman–Crippen MR) is 149 cm³/mol. The molecule has 4 aromatic carbocycles. The van der Waals surface area contributed by atoms with Crippen LogP contribution in [0.1, 0.15) is 48.3 Å². The van der Waals surface area contributed by atoms with Gasteiger partial charge in [-0.1, -0.05) is 151 Å². The third kappa shape index (κ3) is 11.3. The van der Waals surface area contributed by atoms with Crippen LogP contribution in [0.2, 0.25) is 0 Å². The van der Waals surface area contributed by atoms with Crippen molar-refractivity contribution in [2.75, 3.05) is 0 Å². The molecule has 2 heteroatoms. The van der Waals surface area contributed by atoms with Gasteiger partial charge in [-0.15, -0.1) is 0 Å². The summed E-state index contributed by atoms with van der Waals surface area (Å²) >= 11 is 3.36. The van der Waals surface area contributed by atoms with E-state index in [0.717, 1.165) is 10.9 Å². The van der Waals surface area contributed by atoms with Gasteiger partial charge in [0.15, 0.2) is 5.78 Å². The Kier molecular flexibility index (Phi) is 13.8. The maximum atomic E-state index is 10.6. The molecule has 0 spiro atoms. The summed E-state index contributed by atoms with van der Waals surface area (Å²) in [7, 11) is 0. The van der Waals surface area contributed by atoms with Crippen molar-refractivity contribution in [2.24, 2.45) is 0 Å². The maximum absolute atomic E-state index is 10.6. The smallest absolute Gasteiger partial charge is 0.159 e. The lowest BCUT2D eigenvalue weighted by Gasteiger charge is -2.01. The van der Waals surface area contributed by atoms with E-state index < -0.39 is 0 Å². The van der Waals surface area contributed by atoms with Gasteiger partial charge < -0.3 is 0 Å². The number of ketones is 1. The SMILES string of the molecule is BrCc1ccccc1.C.CC(=Cc1ccccc1)c1ccccc1.CC(=O)c1ccccc1. The molecule has 33 heavy (non-hydrogen) atoms. The Bertz CT molecular complexity index is 1060. The van der Waals surface area contributed by atoms with Crippen LogP contribution < -0.4 is 0 Å². The van der Waals surface area contributed by atoms with E-state index in [1.807, 2.05) is 60.7 Å². The van der Waals surface area contributed by atoms with Gasteiger partial charge in [-0.2, -0.15) is 0 Å². The number of benzene rings is 4. The number of rotatable bonds is 4. The topological polar surface area (TPSA) is 17.1 Å². The Morgan fingerprint density at radius 2 is 1.03 bits per heavy atom. The first kappa shape index (κ1) is 27.8. The molecule has 0 N–H and O–H groups in total. The molecular weight excluding hydrogens is 468 g/mol. The zero-order valence-electron chi connectivity index (χ0n) is 18.6. The van der Waals surface area contributed by atoms with Gasteiger partial charge in [0.25, 0.3) is 0 Å². The Morgan fingerprint density at radius 3 is 1.39 bits per heavy atom. The number of allylic oxidation sites excluding steroid dienone is 1. The second kappa shape index (κ2) is 16.4. The third-order valence-corrected chi connectivity index (χ3v) is 5.24. The summed E-state index contributed by atoms with van der Waals surface area (Å²) in [6.07, 6.45) is 2.20. The van der Waals surface area contributed by atoms with Crippen molar-refractivity contribution in [2.45, 2.75) is 26.6 Å². The summed E-state index contributed by atoms with van der Waals surface area (Å²) in [6, 6.07) is 40.3. The molecule has 4 aromatic rings. The van der Waals surface area contributed by atoms with Crippen LogP contribution in [0.4, 0.5) is 0 Å². The summed E-state index contributed by atoms with van der Waals surface area (Å²) in [6.45, 7) is 3.71. The highest BCUT2D eigenvalue weighted by Gasteiger charge is 1.94. The average Bonchev–Trinajstić information content (AvgIpc) is 2.87. The summed E-state index contributed by atoms with van der Waals surface area (Å²) < 4.78 is 0. The molecule has 0 unspecified atom stereocenters. The lowest BCUT2D eigenvalue weighted by Crippen LogP contribution is -1.88. The van der Waals surface area contributed by atoms with Gasteiger partial charge in [0.2, 0.25) is 0 Å². The highest BCUT2D eigenvalue weighted by atomic mass is 79.9. The van der Waals surface area contributed by atoms with Gasteiger partial charge in [0.05, 0.1) is 0 Å². The normalized spacial score (nSPS) is 9.85. The van der Waals surface area contributed by atoms with Crippen LogP contribution in [0.5, 0.6) is 0 Å². The van der Waals surface area contributed by atoms with Crippen molar-refractivity contribution < 1.29 is 4.79 Å². The van der Waals surface area contributed by atoms with Gasteiger partial charge in [-0.05, 0) is 36.1 Å². The summed E-state index contributed by atoms with van der Waals surface area (Å²) in [4.78, 5) is 10.6. The van der Waals surface area contributed by atoms with Gasteiger partial charge in [-0.3, -0.25) is 4.79 Å². The first-order valence-corrected chi connectivity index (χ1v) is 11.7. The first-order valence-electron chi connectivity index (χ1n) is 10.5. The Hall–Kier alpha value is -3.23. The van der Waals surface area contributed by atoms with Crippen LogP contribution in [0.3, 0.4) is 0 Å².